The van der Waals surface area contributed by atoms with E-state index in [1.807, 2.05) is 26.8 Å². The zero-order valence-electron chi connectivity index (χ0n) is 11.7. The number of ether oxygens (including phenoxy) is 2. The number of carbonyl (C=O) groups excluding carboxylic acids is 1. The average molecular weight is 261 g/mol. The number of amides is 1. The lowest BCUT2D eigenvalue weighted by Gasteiger charge is -2.20. The predicted molar refractivity (Wildman–Crippen MR) is 74.0 cm³/mol. The summed E-state index contributed by atoms with van der Waals surface area (Å²) in [5, 5.41) is 2.67. The van der Waals surface area contributed by atoms with Crippen molar-refractivity contribution in [2.24, 2.45) is 0 Å². The van der Waals surface area contributed by atoms with Gasteiger partial charge in [0.1, 0.15) is 11.4 Å². The minimum atomic E-state index is -0.512. The summed E-state index contributed by atoms with van der Waals surface area (Å²) in [6, 6.07) is 5.38. The van der Waals surface area contributed by atoms with E-state index in [0.717, 1.165) is 11.1 Å². The largest absolute Gasteiger partial charge is 0.496 e. The van der Waals surface area contributed by atoms with Crippen molar-refractivity contribution in [3.63, 3.8) is 0 Å². The predicted octanol–water partition coefficient (Wildman–Crippen LogP) is 2.70. The lowest BCUT2D eigenvalue weighted by atomic mass is 10.1. The number of rotatable bonds is 3. The van der Waals surface area contributed by atoms with E-state index in [1.54, 1.807) is 19.2 Å². The fourth-order valence-electron chi connectivity index (χ4n) is 1.46. The fourth-order valence-corrected chi connectivity index (χ4v) is 1.46. The van der Waals surface area contributed by atoms with Crippen LogP contribution in [0, 0.1) is 12.3 Å². The maximum Gasteiger partial charge on any atom is 0.407 e. The third-order valence-electron chi connectivity index (χ3n) is 2.28. The van der Waals surface area contributed by atoms with Gasteiger partial charge in [0.05, 0.1) is 7.11 Å². The van der Waals surface area contributed by atoms with Gasteiger partial charge in [0.15, 0.2) is 0 Å². The van der Waals surface area contributed by atoms with Crippen LogP contribution in [-0.4, -0.2) is 18.8 Å². The second kappa shape index (κ2) is 6.14. The van der Waals surface area contributed by atoms with Gasteiger partial charge in [0, 0.05) is 17.7 Å². The van der Waals surface area contributed by atoms with Gasteiger partial charge < -0.3 is 14.8 Å². The molecule has 4 heteroatoms. The fraction of sp³-hybridized carbons (Fsp3) is 0.400. The van der Waals surface area contributed by atoms with Gasteiger partial charge in [0.2, 0.25) is 0 Å². The summed E-state index contributed by atoms with van der Waals surface area (Å²) in [6.45, 7) is 5.77. The molecule has 1 amide bonds. The van der Waals surface area contributed by atoms with Gasteiger partial charge >= 0.3 is 6.09 Å². The molecule has 0 unspecified atom stereocenters. The van der Waals surface area contributed by atoms with E-state index >= 15 is 0 Å². The molecule has 0 spiro atoms. The van der Waals surface area contributed by atoms with E-state index in [-0.39, 0.29) is 0 Å². The Labute approximate surface area is 114 Å². The topological polar surface area (TPSA) is 47.6 Å². The van der Waals surface area contributed by atoms with Gasteiger partial charge in [-0.05, 0) is 32.9 Å². The first-order valence-corrected chi connectivity index (χ1v) is 5.96. The van der Waals surface area contributed by atoms with Crippen LogP contribution in [0.5, 0.6) is 5.75 Å². The number of benzene rings is 1. The van der Waals surface area contributed by atoms with Gasteiger partial charge in [-0.1, -0.05) is 12.0 Å². The van der Waals surface area contributed by atoms with E-state index in [1.165, 1.54) is 0 Å². The standard InChI is InChI=1S/C15H19NO3/c1-6-11-7-8-12(13(9-11)18-5)10-16-14(17)19-15(2,3)4/h1,7-9H,10H2,2-5H3,(H,16,17). The highest BCUT2D eigenvalue weighted by atomic mass is 16.6. The van der Waals surface area contributed by atoms with Crippen molar-refractivity contribution >= 4 is 6.09 Å². The molecular weight excluding hydrogens is 242 g/mol. The third kappa shape index (κ3) is 4.92. The molecule has 1 N–H and O–H groups in total. The van der Waals surface area contributed by atoms with Crippen LogP contribution in [-0.2, 0) is 11.3 Å². The maximum atomic E-state index is 11.5. The Morgan fingerprint density at radius 3 is 2.63 bits per heavy atom. The number of hydrogen-bond donors (Lipinski definition) is 1. The molecule has 4 nitrogen and oxygen atoms in total. The molecule has 19 heavy (non-hydrogen) atoms. The number of alkyl carbamates (subject to hydrolysis) is 1. The Bertz CT molecular complexity index is 495. The lowest BCUT2D eigenvalue weighted by molar-refractivity contribution is 0.0523. The van der Waals surface area contributed by atoms with Crippen molar-refractivity contribution < 1.29 is 14.3 Å². The maximum absolute atomic E-state index is 11.5. The van der Waals surface area contributed by atoms with Gasteiger partial charge in [0.25, 0.3) is 0 Å². The Kier molecular flexibility index (Phi) is 4.82. The van der Waals surface area contributed by atoms with Gasteiger partial charge in [-0.25, -0.2) is 4.79 Å². The highest BCUT2D eigenvalue weighted by Gasteiger charge is 2.16. The molecule has 1 rings (SSSR count). The smallest absolute Gasteiger partial charge is 0.407 e. The first-order valence-electron chi connectivity index (χ1n) is 5.96. The van der Waals surface area contributed by atoms with Crippen molar-refractivity contribution in [1.82, 2.24) is 5.32 Å². The number of hydrogen-bond acceptors (Lipinski definition) is 3. The molecule has 1 aromatic rings. The van der Waals surface area contributed by atoms with E-state index in [9.17, 15) is 4.79 Å². The minimum absolute atomic E-state index is 0.322. The first kappa shape index (κ1) is 14.9. The van der Waals surface area contributed by atoms with Crippen LogP contribution < -0.4 is 10.1 Å². The van der Waals surface area contributed by atoms with Crippen LogP contribution in [0.15, 0.2) is 18.2 Å². The van der Waals surface area contributed by atoms with Crippen molar-refractivity contribution in [2.45, 2.75) is 32.9 Å². The van der Waals surface area contributed by atoms with Crippen LogP contribution >= 0.6 is 0 Å². The normalized spacial score (nSPS) is 10.5. The van der Waals surface area contributed by atoms with Crippen molar-refractivity contribution in [3.05, 3.63) is 29.3 Å². The Balaban J connectivity index is 2.68. The molecule has 0 atom stereocenters. The zero-order chi connectivity index (χ0) is 14.5. The minimum Gasteiger partial charge on any atom is -0.496 e. The van der Waals surface area contributed by atoms with E-state index in [4.69, 9.17) is 15.9 Å². The second-order valence-electron chi connectivity index (χ2n) is 5.03. The molecule has 1 aromatic carbocycles. The van der Waals surface area contributed by atoms with E-state index < -0.39 is 11.7 Å². The third-order valence-corrected chi connectivity index (χ3v) is 2.28. The first-order chi connectivity index (χ1) is 8.85. The summed E-state index contributed by atoms with van der Waals surface area (Å²) in [5.74, 6) is 3.18. The van der Waals surface area contributed by atoms with Crippen molar-refractivity contribution in [2.75, 3.05) is 7.11 Å². The van der Waals surface area contributed by atoms with Gasteiger partial charge in [-0.15, -0.1) is 6.42 Å². The summed E-state index contributed by atoms with van der Waals surface area (Å²) in [6.07, 6.45) is 4.86. The highest BCUT2D eigenvalue weighted by molar-refractivity contribution is 5.67. The lowest BCUT2D eigenvalue weighted by Crippen LogP contribution is -2.32. The Morgan fingerprint density at radius 1 is 1.42 bits per heavy atom. The Hall–Kier alpha value is -2.15. The van der Waals surface area contributed by atoms with E-state index in [0.29, 0.717) is 12.3 Å². The summed E-state index contributed by atoms with van der Waals surface area (Å²) in [4.78, 5) is 11.5. The SMILES string of the molecule is C#Cc1ccc(CNC(=O)OC(C)(C)C)c(OC)c1. The van der Waals surface area contributed by atoms with E-state index in [2.05, 4.69) is 11.2 Å². The van der Waals surface area contributed by atoms with Crippen LogP contribution in [0.1, 0.15) is 31.9 Å². The highest BCUT2D eigenvalue weighted by Crippen LogP contribution is 2.19. The molecule has 0 heterocycles. The zero-order valence-corrected chi connectivity index (χ0v) is 11.7. The van der Waals surface area contributed by atoms with Crippen molar-refractivity contribution in [1.29, 1.82) is 0 Å². The van der Waals surface area contributed by atoms with Crippen LogP contribution in [0.2, 0.25) is 0 Å². The van der Waals surface area contributed by atoms with Crippen LogP contribution in [0.25, 0.3) is 0 Å². The molecule has 102 valence electrons. The molecule has 0 saturated carbocycles. The van der Waals surface area contributed by atoms with Crippen LogP contribution in [0.4, 0.5) is 4.79 Å². The number of nitrogens with one attached hydrogen (secondary N) is 1. The molecular formula is C15H19NO3. The summed E-state index contributed by atoms with van der Waals surface area (Å²) >= 11 is 0. The molecule has 0 aliphatic heterocycles. The molecule has 0 saturated heterocycles. The molecule has 0 fully saturated rings. The molecule has 0 aliphatic carbocycles. The second-order valence-corrected chi connectivity index (χ2v) is 5.03. The number of methoxy groups -OCH3 is 1. The number of carbonyl (C=O) groups is 1. The van der Waals surface area contributed by atoms with Crippen molar-refractivity contribution in [3.8, 4) is 18.1 Å². The quantitative estimate of drug-likeness (QED) is 0.851. The van der Waals surface area contributed by atoms with Gasteiger partial charge in [-0.3, -0.25) is 0 Å². The molecule has 0 radical (unpaired) electrons. The summed E-state index contributed by atoms with van der Waals surface area (Å²) in [5.41, 5.74) is 1.06. The summed E-state index contributed by atoms with van der Waals surface area (Å²) in [7, 11) is 1.56. The number of terminal acetylenes is 1. The molecule has 0 aromatic heterocycles. The monoisotopic (exact) mass is 261 g/mol. The Morgan fingerprint density at radius 2 is 2.11 bits per heavy atom. The van der Waals surface area contributed by atoms with Crippen LogP contribution in [0.3, 0.4) is 0 Å². The molecule has 0 bridgehead atoms. The summed E-state index contributed by atoms with van der Waals surface area (Å²) < 4.78 is 10.4. The van der Waals surface area contributed by atoms with Gasteiger partial charge in [-0.2, -0.15) is 0 Å². The average Bonchev–Trinajstić information content (AvgIpc) is 2.34. The molecule has 0 aliphatic rings.